The van der Waals surface area contributed by atoms with Gasteiger partial charge < -0.3 is 4.90 Å². The molecule has 0 aromatic carbocycles. The summed E-state index contributed by atoms with van der Waals surface area (Å²) in [5.74, 6) is 2.97. The molecule has 0 radical (unpaired) electrons. The Labute approximate surface area is 123 Å². The fraction of sp³-hybridized carbons (Fsp3) is 0.941. The van der Waals surface area contributed by atoms with Crippen molar-refractivity contribution in [3.63, 3.8) is 0 Å². The maximum Gasteiger partial charge on any atom is 0.241 e. The minimum Gasteiger partial charge on any atom is -0.323 e. The second-order valence-corrected chi connectivity index (χ2v) is 7.36. The van der Waals surface area contributed by atoms with Crippen LogP contribution in [0.2, 0.25) is 0 Å². The van der Waals surface area contributed by atoms with Crippen molar-refractivity contribution >= 4 is 5.91 Å². The minimum absolute atomic E-state index is 0.0750. The molecule has 6 atom stereocenters. The molecule has 1 N–H and O–H groups in total. The summed E-state index contributed by atoms with van der Waals surface area (Å²) >= 11 is 0. The van der Waals surface area contributed by atoms with Gasteiger partial charge in [-0.25, -0.2) is 0 Å². The Kier molecular flexibility index (Phi) is 4.07. The Bertz CT molecular complexity index is 370. The van der Waals surface area contributed by atoms with Crippen LogP contribution in [-0.4, -0.2) is 29.1 Å². The van der Waals surface area contributed by atoms with E-state index < -0.39 is 0 Å². The molecule has 1 amide bonds. The lowest BCUT2D eigenvalue weighted by molar-refractivity contribution is -0.133. The molecule has 1 aliphatic heterocycles. The maximum absolute atomic E-state index is 12.7. The standard InChI is InChI=1S/C17H30N2O/c1-4-5-6-16-17(20)19(12(3)18-16)11(2)15-10-13-7-8-14(15)9-13/h11-16,18H,4-10H2,1-3H3. The minimum atomic E-state index is 0.0750. The van der Waals surface area contributed by atoms with Crippen LogP contribution in [0.3, 0.4) is 0 Å². The highest BCUT2D eigenvalue weighted by molar-refractivity contribution is 5.84. The molecule has 114 valence electrons. The zero-order valence-electron chi connectivity index (χ0n) is 13.3. The summed E-state index contributed by atoms with van der Waals surface area (Å²) in [7, 11) is 0. The summed E-state index contributed by atoms with van der Waals surface area (Å²) in [5, 5.41) is 3.51. The van der Waals surface area contributed by atoms with Gasteiger partial charge in [0.25, 0.3) is 0 Å². The normalized spacial score (nSPS) is 41.6. The van der Waals surface area contributed by atoms with E-state index in [0.717, 1.165) is 30.6 Å². The van der Waals surface area contributed by atoms with Crippen LogP contribution < -0.4 is 5.32 Å². The van der Waals surface area contributed by atoms with Crippen molar-refractivity contribution in [2.45, 2.75) is 84.0 Å². The maximum atomic E-state index is 12.7. The van der Waals surface area contributed by atoms with Gasteiger partial charge in [0.15, 0.2) is 0 Å². The zero-order chi connectivity index (χ0) is 14.3. The first-order chi connectivity index (χ1) is 9.61. The predicted molar refractivity (Wildman–Crippen MR) is 81.2 cm³/mol. The SMILES string of the molecule is CCCCC1NC(C)N(C(C)C2CC3CCC2C3)C1=O. The van der Waals surface area contributed by atoms with E-state index in [2.05, 4.69) is 31.0 Å². The molecule has 3 nitrogen and oxygen atoms in total. The lowest BCUT2D eigenvalue weighted by Gasteiger charge is -2.36. The molecule has 0 spiro atoms. The first-order valence-corrected chi connectivity index (χ1v) is 8.70. The smallest absolute Gasteiger partial charge is 0.241 e. The van der Waals surface area contributed by atoms with E-state index in [1.54, 1.807) is 0 Å². The highest BCUT2D eigenvalue weighted by Gasteiger charge is 2.47. The van der Waals surface area contributed by atoms with Gasteiger partial charge in [-0.3, -0.25) is 10.1 Å². The molecular weight excluding hydrogens is 248 g/mol. The summed E-state index contributed by atoms with van der Waals surface area (Å²) in [6, 6.07) is 0.498. The van der Waals surface area contributed by atoms with Crippen LogP contribution in [-0.2, 0) is 4.79 Å². The number of carbonyl (C=O) groups excluding carboxylic acids is 1. The molecule has 2 bridgehead atoms. The molecule has 3 rings (SSSR count). The van der Waals surface area contributed by atoms with Crippen LogP contribution in [0.15, 0.2) is 0 Å². The fourth-order valence-corrected chi connectivity index (χ4v) is 5.07. The second kappa shape index (κ2) is 5.67. The third-order valence-corrected chi connectivity index (χ3v) is 6.11. The van der Waals surface area contributed by atoms with Crippen molar-refractivity contribution in [2.75, 3.05) is 0 Å². The monoisotopic (exact) mass is 278 g/mol. The van der Waals surface area contributed by atoms with Crippen LogP contribution in [0.1, 0.15) is 65.7 Å². The average molecular weight is 278 g/mol. The van der Waals surface area contributed by atoms with Gasteiger partial charge in [0, 0.05) is 6.04 Å². The Hall–Kier alpha value is -0.570. The Balaban J connectivity index is 1.65. The van der Waals surface area contributed by atoms with Crippen LogP contribution in [0.5, 0.6) is 0 Å². The molecule has 2 aliphatic carbocycles. The molecule has 3 heteroatoms. The topological polar surface area (TPSA) is 32.3 Å². The van der Waals surface area contributed by atoms with Gasteiger partial charge in [-0.05, 0) is 57.3 Å². The van der Waals surface area contributed by atoms with E-state index in [0.29, 0.717) is 11.9 Å². The van der Waals surface area contributed by atoms with Crippen LogP contribution in [0.4, 0.5) is 0 Å². The van der Waals surface area contributed by atoms with Crippen molar-refractivity contribution in [1.29, 1.82) is 0 Å². The van der Waals surface area contributed by atoms with Crippen molar-refractivity contribution in [1.82, 2.24) is 10.2 Å². The summed E-state index contributed by atoms with van der Waals surface area (Å²) in [6.45, 7) is 6.65. The number of rotatable bonds is 5. The van der Waals surface area contributed by atoms with E-state index in [1.807, 2.05) is 0 Å². The van der Waals surface area contributed by atoms with E-state index in [4.69, 9.17) is 0 Å². The number of nitrogens with zero attached hydrogens (tertiary/aromatic N) is 1. The summed E-state index contributed by atoms with van der Waals surface area (Å²) in [4.78, 5) is 14.9. The quantitative estimate of drug-likeness (QED) is 0.838. The number of hydrogen-bond acceptors (Lipinski definition) is 2. The van der Waals surface area contributed by atoms with Crippen molar-refractivity contribution < 1.29 is 4.79 Å². The van der Waals surface area contributed by atoms with E-state index >= 15 is 0 Å². The molecule has 3 fully saturated rings. The van der Waals surface area contributed by atoms with Crippen LogP contribution in [0, 0.1) is 17.8 Å². The third kappa shape index (κ3) is 2.38. The summed E-state index contributed by atoms with van der Waals surface area (Å²) in [6.07, 6.45) is 9.17. The van der Waals surface area contributed by atoms with Gasteiger partial charge >= 0.3 is 0 Å². The molecule has 0 aromatic rings. The van der Waals surface area contributed by atoms with Gasteiger partial charge in [-0.2, -0.15) is 0 Å². The molecule has 1 saturated heterocycles. The number of nitrogens with one attached hydrogen (secondary N) is 1. The number of fused-ring (bicyclic) bond motifs is 2. The summed E-state index contributed by atoms with van der Waals surface area (Å²) in [5.41, 5.74) is 0. The Morgan fingerprint density at radius 1 is 1.35 bits per heavy atom. The van der Waals surface area contributed by atoms with Crippen molar-refractivity contribution in [2.24, 2.45) is 17.8 Å². The van der Waals surface area contributed by atoms with E-state index in [-0.39, 0.29) is 12.2 Å². The second-order valence-electron chi connectivity index (χ2n) is 7.36. The average Bonchev–Trinajstić information content (AvgIpc) is 3.11. The van der Waals surface area contributed by atoms with E-state index in [1.165, 1.54) is 32.1 Å². The fourth-order valence-electron chi connectivity index (χ4n) is 5.07. The van der Waals surface area contributed by atoms with Crippen molar-refractivity contribution in [3.8, 4) is 0 Å². The number of unbranched alkanes of at least 4 members (excludes halogenated alkanes) is 1. The largest absolute Gasteiger partial charge is 0.323 e. The molecule has 6 unspecified atom stereocenters. The zero-order valence-corrected chi connectivity index (χ0v) is 13.3. The Morgan fingerprint density at radius 3 is 2.75 bits per heavy atom. The first-order valence-electron chi connectivity index (χ1n) is 8.70. The summed E-state index contributed by atoms with van der Waals surface area (Å²) < 4.78 is 0. The lowest BCUT2D eigenvalue weighted by atomic mass is 9.83. The van der Waals surface area contributed by atoms with Crippen molar-refractivity contribution in [3.05, 3.63) is 0 Å². The highest BCUT2D eigenvalue weighted by atomic mass is 16.2. The van der Waals surface area contributed by atoms with Gasteiger partial charge in [-0.1, -0.05) is 26.2 Å². The van der Waals surface area contributed by atoms with Gasteiger partial charge in [0.2, 0.25) is 5.91 Å². The van der Waals surface area contributed by atoms with E-state index in [9.17, 15) is 4.79 Å². The van der Waals surface area contributed by atoms with Crippen LogP contribution in [0.25, 0.3) is 0 Å². The number of hydrogen-bond donors (Lipinski definition) is 1. The molecule has 0 aromatic heterocycles. The van der Waals surface area contributed by atoms with Gasteiger partial charge in [0.05, 0.1) is 12.2 Å². The predicted octanol–water partition coefficient (Wildman–Crippen LogP) is 3.15. The lowest BCUT2D eigenvalue weighted by Crippen LogP contribution is -2.46. The first kappa shape index (κ1) is 14.4. The molecule has 20 heavy (non-hydrogen) atoms. The third-order valence-electron chi connectivity index (χ3n) is 6.11. The van der Waals surface area contributed by atoms with Crippen LogP contribution >= 0.6 is 0 Å². The van der Waals surface area contributed by atoms with Gasteiger partial charge in [-0.15, -0.1) is 0 Å². The number of amides is 1. The molecule has 2 saturated carbocycles. The molecule has 1 heterocycles. The van der Waals surface area contributed by atoms with Gasteiger partial charge in [0.1, 0.15) is 0 Å². The molecule has 3 aliphatic rings. The molecular formula is C17H30N2O. The Morgan fingerprint density at radius 2 is 2.15 bits per heavy atom. The highest BCUT2D eigenvalue weighted by Crippen LogP contribution is 2.50. The number of carbonyl (C=O) groups is 1.